The van der Waals surface area contributed by atoms with Crippen LogP contribution in [-0.4, -0.2) is 0 Å². The highest BCUT2D eigenvalue weighted by atomic mass is 32.1. The molecule has 1 aromatic heterocycles. The highest BCUT2D eigenvalue weighted by Crippen LogP contribution is 2.29. The Labute approximate surface area is 78.6 Å². The van der Waals surface area contributed by atoms with E-state index in [1.54, 1.807) is 11.3 Å². The van der Waals surface area contributed by atoms with Crippen LogP contribution in [0, 0.1) is 12.8 Å². The molecule has 0 bridgehead atoms. The zero-order valence-electron chi connectivity index (χ0n) is 8.22. The van der Waals surface area contributed by atoms with Gasteiger partial charge in [0.25, 0.3) is 0 Å². The third kappa shape index (κ3) is 1.70. The van der Waals surface area contributed by atoms with Crippen molar-refractivity contribution in [3.05, 3.63) is 21.9 Å². The molecular weight excluding hydrogens is 166 g/mol. The molecule has 0 fully saturated rings. The van der Waals surface area contributed by atoms with Crippen LogP contribution in [0.15, 0.2) is 11.4 Å². The average molecular weight is 183 g/mol. The number of thiophene rings is 1. The maximum absolute atomic E-state index is 6.20. The number of hydrogen-bond donors (Lipinski definition) is 1. The van der Waals surface area contributed by atoms with Crippen molar-refractivity contribution in [3.63, 3.8) is 0 Å². The molecule has 1 atom stereocenters. The molecule has 0 spiro atoms. The molecule has 0 aliphatic heterocycles. The van der Waals surface area contributed by atoms with Crippen LogP contribution < -0.4 is 5.73 Å². The van der Waals surface area contributed by atoms with E-state index in [0.717, 1.165) is 0 Å². The lowest BCUT2D eigenvalue weighted by molar-refractivity contribution is 0.351. The van der Waals surface area contributed by atoms with Gasteiger partial charge in [-0.05, 0) is 36.8 Å². The van der Waals surface area contributed by atoms with E-state index in [0.29, 0.717) is 5.92 Å². The SMILES string of the molecule is Cc1cc(C(C)(N)C(C)C)cs1. The van der Waals surface area contributed by atoms with E-state index in [2.05, 4.69) is 39.1 Å². The fourth-order valence-corrected chi connectivity index (χ4v) is 1.89. The second-order valence-electron chi connectivity index (χ2n) is 3.88. The monoisotopic (exact) mass is 183 g/mol. The quantitative estimate of drug-likeness (QED) is 0.749. The third-order valence-corrected chi connectivity index (χ3v) is 3.41. The van der Waals surface area contributed by atoms with Crippen molar-refractivity contribution >= 4 is 11.3 Å². The Morgan fingerprint density at radius 1 is 1.50 bits per heavy atom. The number of rotatable bonds is 2. The van der Waals surface area contributed by atoms with Gasteiger partial charge in [-0.1, -0.05) is 13.8 Å². The van der Waals surface area contributed by atoms with E-state index in [9.17, 15) is 0 Å². The highest BCUT2D eigenvalue weighted by Gasteiger charge is 2.25. The average Bonchev–Trinajstić information content (AvgIpc) is 2.35. The molecule has 0 aromatic carbocycles. The Balaban J connectivity index is 2.97. The molecule has 2 N–H and O–H groups in total. The lowest BCUT2D eigenvalue weighted by Gasteiger charge is -2.28. The summed E-state index contributed by atoms with van der Waals surface area (Å²) >= 11 is 1.77. The first-order chi connectivity index (χ1) is 5.44. The van der Waals surface area contributed by atoms with E-state index < -0.39 is 0 Å². The predicted octanol–water partition coefficient (Wildman–Crippen LogP) is 2.89. The summed E-state index contributed by atoms with van der Waals surface area (Å²) in [7, 11) is 0. The van der Waals surface area contributed by atoms with Gasteiger partial charge in [0.1, 0.15) is 0 Å². The van der Waals surface area contributed by atoms with E-state index in [-0.39, 0.29) is 5.54 Å². The molecule has 0 aliphatic carbocycles. The zero-order valence-corrected chi connectivity index (χ0v) is 9.03. The van der Waals surface area contributed by atoms with Crippen LogP contribution in [-0.2, 0) is 5.54 Å². The molecule has 0 saturated heterocycles. The van der Waals surface area contributed by atoms with Gasteiger partial charge in [-0.3, -0.25) is 0 Å². The van der Waals surface area contributed by atoms with Crippen molar-refractivity contribution in [1.29, 1.82) is 0 Å². The van der Waals surface area contributed by atoms with Crippen molar-refractivity contribution in [2.24, 2.45) is 11.7 Å². The smallest absolute Gasteiger partial charge is 0.0412 e. The molecule has 12 heavy (non-hydrogen) atoms. The van der Waals surface area contributed by atoms with Crippen molar-refractivity contribution < 1.29 is 0 Å². The van der Waals surface area contributed by atoms with Crippen LogP contribution in [0.4, 0.5) is 0 Å². The standard InChI is InChI=1S/C10H17NS/c1-7(2)10(4,11)9-5-8(3)12-6-9/h5-7H,11H2,1-4H3. The minimum atomic E-state index is -0.176. The van der Waals surface area contributed by atoms with E-state index in [1.807, 2.05) is 0 Å². The minimum absolute atomic E-state index is 0.176. The van der Waals surface area contributed by atoms with Crippen molar-refractivity contribution in [2.75, 3.05) is 0 Å². The van der Waals surface area contributed by atoms with Crippen LogP contribution in [0.5, 0.6) is 0 Å². The maximum Gasteiger partial charge on any atom is 0.0412 e. The van der Waals surface area contributed by atoms with Crippen LogP contribution in [0.25, 0.3) is 0 Å². The number of nitrogens with two attached hydrogens (primary N) is 1. The largest absolute Gasteiger partial charge is 0.321 e. The molecule has 68 valence electrons. The normalized spacial score (nSPS) is 16.5. The third-order valence-electron chi connectivity index (χ3n) is 2.55. The fraction of sp³-hybridized carbons (Fsp3) is 0.600. The molecule has 0 saturated carbocycles. The second kappa shape index (κ2) is 3.19. The van der Waals surface area contributed by atoms with Crippen LogP contribution in [0.1, 0.15) is 31.2 Å². The summed E-state index contributed by atoms with van der Waals surface area (Å²) in [4.78, 5) is 1.34. The van der Waals surface area contributed by atoms with Crippen molar-refractivity contribution in [1.82, 2.24) is 0 Å². The summed E-state index contributed by atoms with van der Waals surface area (Å²) in [5.74, 6) is 0.478. The van der Waals surface area contributed by atoms with Gasteiger partial charge in [0, 0.05) is 10.4 Å². The summed E-state index contributed by atoms with van der Waals surface area (Å²) in [5.41, 5.74) is 7.29. The van der Waals surface area contributed by atoms with Gasteiger partial charge < -0.3 is 5.73 Å². The Bertz CT molecular complexity index is 261. The molecule has 0 radical (unpaired) electrons. The second-order valence-corrected chi connectivity index (χ2v) is 5.00. The molecule has 1 nitrogen and oxygen atoms in total. The molecule has 1 aromatic rings. The fourth-order valence-electron chi connectivity index (χ4n) is 1.06. The van der Waals surface area contributed by atoms with Crippen LogP contribution in [0.3, 0.4) is 0 Å². The molecule has 0 amide bonds. The van der Waals surface area contributed by atoms with Crippen LogP contribution >= 0.6 is 11.3 Å². The minimum Gasteiger partial charge on any atom is -0.321 e. The Kier molecular flexibility index (Phi) is 2.59. The summed E-state index contributed by atoms with van der Waals surface area (Å²) in [6, 6.07) is 2.19. The molecule has 2 heteroatoms. The van der Waals surface area contributed by atoms with Gasteiger partial charge in [-0.25, -0.2) is 0 Å². The molecule has 1 rings (SSSR count). The topological polar surface area (TPSA) is 26.0 Å². The van der Waals surface area contributed by atoms with E-state index >= 15 is 0 Å². The molecule has 0 aliphatic rings. The zero-order chi connectivity index (χ0) is 9.35. The van der Waals surface area contributed by atoms with Gasteiger partial charge in [-0.15, -0.1) is 11.3 Å². The first-order valence-electron chi connectivity index (χ1n) is 4.29. The molecular formula is C10H17NS. The summed E-state index contributed by atoms with van der Waals surface area (Å²) < 4.78 is 0. The van der Waals surface area contributed by atoms with Gasteiger partial charge >= 0.3 is 0 Å². The van der Waals surface area contributed by atoms with Crippen molar-refractivity contribution in [2.45, 2.75) is 33.2 Å². The van der Waals surface area contributed by atoms with E-state index in [4.69, 9.17) is 5.73 Å². The van der Waals surface area contributed by atoms with Gasteiger partial charge in [0.05, 0.1) is 0 Å². The Morgan fingerprint density at radius 2 is 2.08 bits per heavy atom. The summed E-state index contributed by atoms with van der Waals surface area (Å²) in [5, 5.41) is 2.16. The van der Waals surface area contributed by atoms with Gasteiger partial charge in [0.2, 0.25) is 0 Å². The lowest BCUT2D eigenvalue weighted by atomic mass is 9.84. The first-order valence-corrected chi connectivity index (χ1v) is 5.17. The summed E-state index contributed by atoms with van der Waals surface area (Å²) in [6.07, 6.45) is 0. The molecule has 1 unspecified atom stereocenters. The number of hydrogen-bond acceptors (Lipinski definition) is 2. The molecule has 1 heterocycles. The maximum atomic E-state index is 6.20. The Hall–Kier alpha value is -0.340. The van der Waals surface area contributed by atoms with Crippen LogP contribution in [0.2, 0.25) is 0 Å². The number of aryl methyl sites for hydroxylation is 1. The predicted molar refractivity (Wildman–Crippen MR) is 55.4 cm³/mol. The van der Waals surface area contributed by atoms with Gasteiger partial charge in [0.15, 0.2) is 0 Å². The van der Waals surface area contributed by atoms with Gasteiger partial charge in [-0.2, -0.15) is 0 Å². The Morgan fingerprint density at radius 3 is 2.42 bits per heavy atom. The van der Waals surface area contributed by atoms with E-state index in [1.165, 1.54) is 10.4 Å². The summed E-state index contributed by atoms with van der Waals surface area (Å²) in [6.45, 7) is 8.53. The highest BCUT2D eigenvalue weighted by molar-refractivity contribution is 7.10. The lowest BCUT2D eigenvalue weighted by Crippen LogP contribution is -2.38. The van der Waals surface area contributed by atoms with Crippen molar-refractivity contribution in [3.8, 4) is 0 Å². The first kappa shape index (κ1) is 9.75.